The van der Waals surface area contributed by atoms with E-state index in [4.69, 9.17) is 0 Å². The second-order valence-electron chi connectivity index (χ2n) is 4.32. The first-order valence-corrected chi connectivity index (χ1v) is 5.72. The van der Waals surface area contributed by atoms with Crippen LogP contribution in [0.1, 0.15) is 21.9 Å². The summed E-state index contributed by atoms with van der Waals surface area (Å²) in [5, 5.41) is 21.5. The number of hydrogen-bond acceptors (Lipinski definition) is 5. The number of aromatic amines is 1. The molecule has 2 heterocycles. The molecule has 0 aliphatic heterocycles. The fraction of sp³-hybridized carbons (Fsp3) is 0.300. The van der Waals surface area contributed by atoms with Gasteiger partial charge >= 0.3 is 11.9 Å². The Labute approximate surface area is 120 Å². The number of alkyl halides is 3. The molecule has 118 valence electrons. The van der Waals surface area contributed by atoms with E-state index >= 15 is 0 Å². The van der Waals surface area contributed by atoms with Crippen LogP contribution in [0.5, 0.6) is 0 Å². The van der Waals surface area contributed by atoms with Crippen LogP contribution in [-0.2, 0) is 13.2 Å². The highest BCUT2D eigenvalue weighted by atomic mass is 19.4. The Morgan fingerprint density at radius 2 is 2.14 bits per heavy atom. The van der Waals surface area contributed by atoms with Gasteiger partial charge in [-0.05, 0) is 6.92 Å². The number of anilines is 1. The minimum atomic E-state index is -4.79. The van der Waals surface area contributed by atoms with Gasteiger partial charge in [0.25, 0.3) is 5.91 Å². The first kappa shape index (κ1) is 15.5. The number of aromatic nitrogens is 4. The van der Waals surface area contributed by atoms with Gasteiger partial charge in [0.2, 0.25) is 5.69 Å². The Morgan fingerprint density at radius 3 is 2.68 bits per heavy atom. The Morgan fingerprint density at radius 1 is 1.50 bits per heavy atom. The van der Waals surface area contributed by atoms with Crippen LogP contribution in [0, 0.1) is 17.0 Å². The van der Waals surface area contributed by atoms with E-state index in [2.05, 4.69) is 15.3 Å². The summed E-state index contributed by atoms with van der Waals surface area (Å²) in [6, 6.07) is 0. The van der Waals surface area contributed by atoms with Crippen LogP contribution >= 0.6 is 0 Å². The average molecular weight is 318 g/mol. The maximum atomic E-state index is 12.8. The molecular weight excluding hydrogens is 309 g/mol. The van der Waals surface area contributed by atoms with Gasteiger partial charge in [-0.2, -0.15) is 23.4 Å². The number of nitro groups is 1. The van der Waals surface area contributed by atoms with E-state index in [1.807, 2.05) is 5.32 Å². The molecule has 9 nitrogen and oxygen atoms in total. The van der Waals surface area contributed by atoms with Crippen LogP contribution in [0.2, 0.25) is 0 Å². The smallest absolute Gasteiger partial charge is 0.317 e. The van der Waals surface area contributed by atoms with Gasteiger partial charge in [-0.25, -0.2) is 0 Å². The molecule has 0 aliphatic carbocycles. The molecule has 22 heavy (non-hydrogen) atoms. The Kier molecular flexibility index (Phi) is 3.60. The Balaban J connectivity index is 2.39. The van der Waals surface area contributed by atoms with E-state index in [0.29, 0.717) is 0 Å². The highest BCUT2D eigenvalue weighted by molar-refractivity contribution is 6.06. The SMILES string of the molecule is Cc1[nH]nc(C(F)(F)F)c1NC(=O)c1nn(C)cc1[N+](=O)[O-]. The van der Waals surface area contributed by atoms with Crippen molar-refractivity contribution in [3.63, 3.8) is 0 Å². The van der Waals surface area contributed by atoms with Gasteiger partial charge in [0.05, 0.1) is 16.3 Å². The van der Waals surface area contributed by atoms with E-state index < -0.39 is 39.8 Å². The minimum Gasteiger partial charge on any atom is -0.317 e. The quantitative estimate of drug-likeness (QED) is 0.658. The number of halogens is 3. The van der Waals surface area contributed by atoms with Gasteiger partial charge in [-0.3, -0.25) is 24.7 Å². The first-order chi connectivity index (χ1) is 10.1. The lowest BCUT2D eigenvalue weighted by Gasteiger charge is -2.07. The zero-order valence-electron chi connectivity index (χ0n) is 11.2. The summed E-state index contributed by atoms with van der Waals surface area (Å²) in [6.45, 7) is 1.27. The van der Waals surface area contributed by atoms with Crippen molar-refractivity contribution in [2.75, 3.05) is 5.32 Å². The Hall–Kier alpha value is -2.92. The third-order valence-corrected chi connectivity index (χ3v) is 2.68. The van der Waals surface area contributed by atoms with Crippen molar-refractivity contribution < 1.29 is 22.9 Å². The predicted molar refractivity (Wildman–Crippen MR) is 66.1 cm³/mol. The molecule has 0 saturated heterocycles. The fourth-order valence-electron chi connectivity index (χ4n) is 1.73. The van der Waals surface area contributed by atoms with E-state index in [1.54, 1.807) is 0 Å². The number of nitrogens with one attached hydrogen (secondary N) is 2. The van der Waals surface area contributed by atoms with Crippen molar-refractivity contribution >= 4 is 17.3 Å². The summed E-state index contributed by atoms with van der Waals surface area (Å²) in [7, 11) is 1.34. The maximum Gasteiger partial charge on any atom is 0.437 e. The number of nitrogens with zero attached hydrogens (tertiary/aromatic N) is 4. The molecule has 0 unspecified atom stereocenters. The lowest BCUT2D eigenvalue weighted by atomic mass is 10.2. The van der Waals surface area contributed by atoms with Gasteiger partial charge in [0.1, 0.15) is 6.20 Å². The van der Waals surface area contributed by atoms with E-state index in [9.17, 15) is 28.1 Å². The highest BCUT2D eigenvalue weighted by Crippen LogP contribution is 2.35. The molecule has 0 spiro atoms. The second kappa shape index (κ2) is 5.13. The summed E-state index contributed by atoms with van der Waals surface area (Å²) in [5.41, 5.74) is -3.18. The molecule has 2 rings (SSSR count). The normalized spacial score (nSPS) is 11.5. The molecule has 0 aromatic carbocycles. The van der Waals surface area contributed by atoms with Crippen molar-refractivity contribution in [3.8, 4) is 0 Å². The molecule has 0 bridgehead atoms. The molecule has 0 atom stereocenters. The largest absolute Gasteiger partial charge is 0.437 e. The number of carbonyl (C=O) groups excluding carboxylic acids is 1. The van der Waals surface area contributed by atoms with Crippen molar-refractivity contribution in [1.82, 2.24) is 20.0 Å². The topological polar surface area (TPSA) is 119 Å². The lowest BCUT2D eigenvalue weighted by Crippen LogP contribution is -2.18. The molecule has 0 saturated carbocycles. The number of H-pyrrole nitrogens is 1. The fourth-order valence-corrected chi connectivity index (χ4v) is 1.73. The summed E-state index contributed by atoms with van der Waals surface area (Å²) >= 11 is 0. The van der Waals surface area contributed by atoms with Crippen molar-refractivity contribution in [2.24, 2.45) is 7.05 Å². The molecular formula is C10H9F3N6O3. The molecule has 2 N–H and O–H groups in total. The standard InChI is InChI=1S/C10H9F3N6O3/c1-4-6(8(16-15-4)10(11,12)13)14-9(20)7-5(19(21)22)3-18(2)17-7/h3H,1-2H3,(H,14,20)(H,15,16). The zero-order valence-corrected chi connectivity index (χ0v) is 11.2. The van der Waals surface area contributed by atoms with Crippen LogP contribution in [0.15, 0.2) is 6.20 Å². The van der Waals surface area contributed by atoms with E-state index in [-0.39, 0.29) is 5.69 Å². The molecule has 0 radical (unpaired) electrons. The minimum absolute atomic E-state index is 0.0424. The maximum absolute atomic E-state index is 12.8. The van der Waals surface area contributed by atoms with Crippen LogP contribution in [0.3, 0.4) is 0 Å². The Bertz CT molecular complexity index is 748. The molecule has 2 aromatic rings. The zero-order chi connectivity index (χ0) is 16.7. The second-order valence-corrected chi connectivity index (χ2v) is 4.32. The summed E-state index contributed by atoms with van der Waals surface area (Å²) in [5.74, 6) is -1.14. The molecule has 0 aliphatic rings. The molecule has 1 amide bonds. The summed E-state index contributed by atoms with van der Waals surface area (Å²) < 4.78 is 39.3. The van der Waals surface area contributed by atoms with Crippen molar-refractivity contribution in [2.45, 2.75) is 13.1 Å². The van der Waals surface area contributed by atoms with Crippen molar-refractivity contribution in [3.05, 3.63) is 33.4 Å². The van der Waals surface area contributed by atoms with Crippen LogP contribution < -0.4 is 5.32 Å². The van der Waals surface area contributed by atoms with Crippen LogP contribution in [0.4, 0.5) is 24.5 Å². The van der Waals surface area contributed by atoms with Crippen LogP contribution in [-0.4, -0.2) is 30.8 Å². The van der Waals surface area contributed by atoms with Gasteiger partial charge < -0.3 is 5.32 Å². The first-order valence-electron chi connectivity index (χ1n) is 5.72. The average Bonchev–Trinajstić information content (AvgIpc) is 2.93. The van der Waals surface area contributed by atoms with Crippen molar-refractivity contribution in [1.29, 1.82) is 0 Å². The number of rotatable bonds is 3. The van der Waals surface area contributed by atoms with E-state index in [1.165, 1.54) is 14.0 Å². The summed E-state index contributed by atoms with van der Waals surface area (Å²) in [6.07, 6.45) is -3.81. The van der Waals surface area contributed by atoms with E-state index in [0.717, 1.165) is 10.9 Å². The van der Waals surface area contributed by atoms with Gasteiger partial charge in [-0.15, -0.1) is 0 Å². The summed E-state index contributed by atoms with van der Waals surface area (Å²) in [4.78, 5) is 21.9. The van der Waals surface area contributed by atoms with Crippen LogP contribution in [0.25, 0.3) is 0 Å². The third-order valence-electron chi connectivity index (χ3n) is 2.68. The van der Waals surface area contributed by atoms with Gasteiger partial charge in [0.15, 0.2) is 5.69 Å². The highest BCUT2D eigenvalue weighted by Gasteiger charge is 2.38. The van der Waals surface area contributed by atoms with Gasteiger partial charge in [0, 0.05) is 7.05 Å². The third kappa shape index (κ3) is 2.75. The van der Waals surface area contributed by atoms with Gasteiger partial charge in [-0.1, -0.05) is 0 Å². The number of carbonyl (C=O) groups is 1. The molecule has 0 fully saturated rings. The number of aryl methyl sites for hydroxylation is 2. The number of amides is 1. The lowest BCUT2D eigenvalue weighted by molar-refractivity contribution is -0.385. The monoisotopic (exact) mass is 318 g/mol. The molecule has 2 aromatic heterocycles. The molecule has 12 heteroatoms. The number of hydrogen-bond donors (Lipinski definition) is 2. The predicted octanol–water partition coefficient (Wildman–Crippen LogP) is 1.63.